The van der Waals surface area contributed by atoms with Crippen molar-refractivity contribution >= 4 is 5.69 Å². The lowest BCUT2D eigenvalue weighted by Gasteiger charge is -2.24. The number of anilines is 1. The fourth-order valence-electron chi connectivity index (χ4n) is 3.00. The van der Waals surface area contributed by atoms with Crippen molar-refractivity contribution in [1.29, 1.82) is 0 Å². The van der Waals surface area contributed by atoms with Crippen molar-refractivity contribution in [1.82, 2.24) is 0 Å². The Kier molecular flexibility index (Phi) is 2.83. The number of benzene rings is 2. The Morgan fingerprint density at radius 3 is 2.39 bits per heavy atom. The maximum Gasteiger partial charge on any atom is 0.0408 e. The second-order valence-corrected chi connectivity index (χ2v) is 4.81. The molecular weight excluding hydrogens is 218 g/mol. The highest BCUT2D eigenvalue weighted by atomic mass is 15.1. The summed E-state index contributed by atoms with van der Waals surface area (Å²) < 4.78 is 0. The van der Waals surface area contributed by atoms with E-state index in [-0.39, 0.29) is 0 Å². The van der Waals surface area contributed by atoms with Crippen LogP contribution in [0.4, 0.5) is 5.69 Å². The van der Waals surface area contributed by atoms with E-state index in [0.717, 1.165) is 19.5 Å². The molecule has 0 aliphatic heterocycles. The minimum Gasteiger partial charge on any atom is -0.372 e. The van der Waals surface area contributed by atoms with E-state index in [2.05, 4.69) is 61.2 Å². The van der Waals surface area contributed by atoms with E-state index in [4.69, 9.17) is 0 Å². The van der Waals surface area contributed by atoms with Gasteiger partial charge in [0, 0.05) is 25.2 Å². The molecule has 2 aromatic carbocycles. The number of nitrogens with zero attached hydrogens (tertiary/aromatic N) is 1. The first-order valence-corrected chi connectivity index (χ1v) is 6.80. The molecule has 1 aliphatic carbocycles. The van der Waals surface area contributed by atoms with Gasteiger partial charge in [0.05, 0.1) is 0 Å². The molecule has 0 saturated carbocycles. The quantitative estimate of drug-likeness (QED) is 0.662. The molecule has 0 amide bonds. The van der Waals surface area contributed by atoms with E-state index < -0.39 is 0 Å². The maximum atomic E-state index is 2.45. The summed E-state index contributed by atoms with van der Waals surface area (Å²) in [6.45, 7) is 6.60. The van der Waals surface area contributed by atoms with Crippen LogP contribution in [-0.2, 0) is 6.42 Å². The van der Waals surface area contributed by atoms with Gasteiger partial charge in [-0.15, -0.1) is 0 Å². The van der Waals surface area contributed by atoms with Crippen molar-refractivity contribution in [2.75, 3.05) is 18.0 Å². The Hall–Kier alpha value is -1.76. The van der Waals surface area contributed by atoms with Crippen molar-refractivity contribution in [3.8, 4) is 11.1 Å². The summed E-state index contributed by atoms with van der Waals surface area (Å²) in [5.41, 5.74) is 7.22. The second-order valence-electron chi connectivity index (χ2n) is 4.81. The first-order valence-electron chi connectivity index (χ1n) is 6.80. The molecule has 0 saturated heterocycles. The second kappa shape index (κ2) is 4.49. The molecule has 18 heavy (non-hydrogen) atoms. The zero-order valence-electron chi connectivity index (χ0n) is 11.1. The Labute approximate surface area is 109 Å². The predicted octanol–water partition coefficient (Wildman–Crippen LogP) is 4.10. The van der Waals surface area contributed by atoms with Gasteiger partial charge in [-0.1, -0.05) is 36.4 Å². The number of rotatable bonds is 3. The van der Waals surface area contributed by atoms with Crippen LogP contribution in [-0.4, -0.2) is 13.1 Å². The van der Waals surface area contributed by atoms with Crippen LogP contribution < -0.4 is 4.90 Å². The van der Waals surface area contributed by atoms with Gasteiger partial charge in [-0.05, 0) is 42.2 Å². The fourth-order valence-corrected chi connectivity index (χ4v) is 3.00. The molecule has 3 rings (SSSR count). The first-order chi connectivity index (χ1) is 8.85. The van der Waals surface area contributed by atoms with Crippen molar-refractivity contribution in [2.24, 2.45) is 0 Å². The van der Waals surface area contributed by atoms with Crippen LogP contribution in [0.1, 0.15) is 25.0 Å². The third kappa shape index (κ3) is 1.62. The summed E-state index contributed by atoms with van der Waals surface area (Å²) in [5.74, 6) is 0. The molecular formula is C17H19N. The van der Waals surface area contributed by atoms with E-state index in [9.17, 15) is 0 Å². The monoisotopic (exact) mass is 237 g/mol. The highest BCUT2D eigenvalue weighted by molar-refractivity contribution is 5.82. The predicted molar refractivity (Wildman–Crippen MR) is 78.2 cm³/mol. The van der Waals surface area contributed by atoms with Crippen LogP contribution in [0.15, 0.2) is 42.5 Å². The van der Waals surface area contributed by atoms with Crippen molar-refractivity contribution in [3.63, 3.8) is 0 Å². The van der Waals surface area contributed by atoms with Gasteiger partial charge < -0.3 is 4.90 Å². The Morgan fingerprint density at radius 2 is 1.61 bits per heavy atom. The summed E-state index contributed by atoms with van der Waals surface area (Å²) in [7, 11) is 0. The van der Waals surface area contributed by atoms with Crippen LogP contribution >= 0.6 is 0 Å². The van der Waals surface area contributed by atoms with E-state index in [1.807, 2.05) is 0 Å². The lowest BCUT2D eigenvalue weighted by Crippen LogP contribution is -2.23. The number of fused-ring (bicyclic) bond motifs is 3. The van der Waals surface area contributed by atoms with Crippen LogP contribution in [0.2, 0.25) is 0 Å². The molecule has 1 heteroatoms. The third-order valence-electron chi connectivity index (χ3n) is 3.93. The van der Waals surface area contributed by atoms with Gasteiger partial charge in [-0.25, -0.2) is 0 Å². The third-order valence-corrected chi connectivity index (χ3v) is 3.93. The van der Waals surface area contributed by atoms with Crippen molar-refractivity contribution in [3.05, 3.63) is 53.6 Å². The Bertz CT molecular complexity index is 568. The maximum absolute atomic E-state index is 2.45. The number of hydrogen-bond donors (Lipinski definition) is 0. The lowest BCUT2D eigenvalue weighted by molar-refractivity contribution is 0.860. The highest BCUT2D eigenvalue weighted by Crippen LogP contribution is 2.41. The normalized spacial score (nSPS) is 12.1. The summed E-state index contributed by atoms with van der Waals surface area (Å²) in [6.07, 6.45) is 1.08. The Morgan fingerprint density at radius 1 is 0.889 bits per heavy atom. The summed E-state index contributed by atoms with van der Waals surface area (Å²) in [6, 6.07) is 15.5. The average molecular weight is 237 g/mol. The topological polar surface area (TPSA) is 3.24 Å². The molecule has 0 spiro atoms. The molecule has 92 valence electrons. The fraction of sp³-hybridized carbons (Fsp3) is 0.294. The molecule has 0 fully saturated rings. The van der Waals surface area contributed by atoms with Gasteiger partial charge in [0.1, 0.15) is 0 Å². The van der Waals surface area contributed by atoms with Crippen LogP contribution in [0.25, 0.3) is 11.1 Å². The first kappa shape index (κ1) is 11.3. The smallest absolute Gasteiger partial charge is 0.0408 e. The average Bonchev–Trinajstić information content (AvgIpc) is 2.80. The molecule has 0 unspecified atom stereocenters. The summed E-state index contributed by atoms with van der Waals surface area (Å²) >= 11 is 0. The number of hydrogen-bond acceptors (Lipinski definition) is 1. The molecule has 0 atom stereocenters. The van der Waals surface area contributed by atoms with E-state index in [0.29, 0.717) is 0 Å². The molecule has 1 aliphatic rings. The van der Waals surface area contributed by atoms with Gasteiger partial charge in [-0.3, -0.25) is 0 Å². The minimum atomic E-state index is 1.07. The van der Waals surface area contributed by atoms with Gasteiger partial charge >= 0.3 is 0 Å². The molecule has 0 heterocycles. The lowest BCUT2D eigenvalue weighted by atomic mass is 10.0. The standard InChI is InChI=1S/C17H19N/c1-3-18(4-2)17-11-7-10-15-14-9-6-5-8-13(14)12-16(15)17/h5-11H,3-4,12H2,1-2H3. The largest absolute Gasteiger partial charge is 0.372 e. The molecule has 2 aromatic rings. The van der Waals surface area contributed by atoms with Crippen molar-refractivity contribution in [2.45, 2.75) is 20.3 Å². The highest BCUT2D eigenvalue weighted by Gasteiger charge is 2.21. The molecule has 1 nitrogen and oxygen atoms in total. The van der Waals surface area contributed by atoms with E-state index in [1.165, 1.54) is 27.9 Å². The summed E-state index contributed by atoms with van der Waals surface area (Å²) in [4.78, 5) is 2.45. The zero-order valence-corrected chi connectivity index (χ0v) is 11.1. The SMILES string of the molecule is CCN(CC)c1cccc2c1Cc1ccccc1-2. The van der Waals surface area contributed by atoms with Crippen LogP contribution in [0, 0.1) is 0 Å². The molecule has 0 bridgehead atoms. The van der Waals surface area contributed by atoms with E-state index in [1.54, 1.807) is 0 Å². The van der Waals surface area contributed by atoms with Gasteiger partial charge in [-0.2, -0.15) is 0 Å². The molecule has 0 radical (unpaired) electrons. The van der Waals surface area contributed by atoms with E-state index >= 15 is 0 Å². The minimum absolute atomic E-state index is 1.07. The molecule has 0 aromatic heterocycles. The Balaban J connectivity index is 2.14. The van der Waals surface area contributed by atoms with Gasteiger partial charge in [0.25, 0.3) is 0 Å². The molecule has 0 N–H and O–H groups in total. The van der Waals surface area contributed by atoms with Crippen LogP contribution in [0.3, 0.4) is 0 Å². The van der Waals surface area contributed by atoms with Gasteiger partial charge in [0.15, 0.2) is 0 Å². The van der Waals surface area contributed by atoms with Gasteiger partial charge in [0.2, 0.25) is 0 Å². The summed E-state index contributed by atoms with van der Waals surface area (Å²) in [5, 5.41) is 0. The van der Waals surface area contributed by atoms with Crippen molar-refractivity contribution < 1.29 is 0 Å². The zero-order chi connectivity index (χ0) is 12.5. The van der Waals surface area contributed by atoms with Crippen LogP contribution in [0.5, 0.6) is 0 Å².